The Balaban J connectivity index is 2.76. The monoisotopic (exact) mass is 252 g/mol. The van der Waals surface area contributed by atoms with Crippen molar-refractivity contribution in [2.45, 2.75) is 51.9 Å². The minimum Gasteiger partial charge on any atom is -0.458 e. The first-order valence-corrected chi connectivity index (χ1v) is 6.32. The summed E-state index contributed by atoms with van der Waals surface area (Å²) in [6.45, 7) is 6.77. The maximum absolute atomic E-state index is 11.6. The van der Waals surface area contributed by atoms with Gasteiger partial charge in [-0.05, 0) is 27.2 Å². The molecule has 0 bridgehead atoms. The molecule has 0 saturated carbocycles. The zero-order valence-corrected chi connectivity index (χ0v) is 10.5. The topological polar surface area (TPSA) is 78.9 Å². The average Bonchev–Trinajstić information content (AvgIpc) is 2.38. The fourth-order valence-corrected chi connectivity index (χ4v) is 2.29. The van der Waals surface area contributed by atoms with Crippen LogP contribution in [0.25, 0.3) is 0 Å². The molecule has 1 rings (SSSR count). The second-order valence-corrected chi connectivity index (χ2v) is 5.70. The Labute approximate surface area is 95.2 Å². The molecule has 2 atom stereocenters. The SMILES string of the molecule is CC[C@H]1OS(=O)(=O)O[C@@H]1C(=O)OC(C)(C)C. The molecule has 16 heavy (non-hydrogen) atoms. The molecule has 94 valence electrons. The van der Waals surface area contributed by atoms with Crippen molar-refractivity contribution in [3.8, 4) is 0 Å². The zero-order chi connectivity index (χ0) is 12.6. The third-order valence-corrected chi connectivity index (χ3v) is 2.77. The van der Waals surface area contributed by atoms with Gasteiger partial charge in [0.05, 0.1) is 0 Å². The Bertz CT molecular complexity index is 366. The summed E-state index contributed by atoms with van der Waals surface area (Å²) in [6.07, 6.45) is -1.66. The summed E-state index contributed by atoms with van der Waals surface area (Å²) in [5, 5.41) is 0. The molecule has 0 amide bonds. The van der Waals surface area contributed by atoms with Crippen molar-refractivity contribution >= 4 is 16.4 Å². The van der Waals surface area contributed by atoms with Gasteiger partial charge in [0.2, 0.25) is 6.10 Å². The number of esters is 1. The average molecular weight is 252 g/mol. The second kappa shape index (κ2) is 4.31. The van der Waals surface area contributed by atoms with Crippen LogP contribution in [0, 0.1) is 0 Å². The lowest BCUT2D eigenvalue weighted by molar-refractivity contribution is -0.164. The lowest BCUT2D eigenvalue weighted by Crippen LogP contribution is -2.37. The van der Waals surface area contributed by atoms with Gasteiger partial charge < -0.3 is 4.74 Å². The van der Waals surface area contributed by atoms with E-state index in [1.165, 1.54) is 0 Å². The smallest absolute Gasteiger partial charge is 0.401 e. The molecule has 0 unspecified atom stereocenters. The molecule has 0 aromatic heterocycles. The van der Waals surface area contributed by atoms with Gasteiger partial charge in [-0.25, -0.2) is 13.2 Å². The maximum Gasteiger partial charge on any atom is 0.401 e. The molecule has 1 saturated heterocycles. The van der Waals surface area contributed by atoms with E-state index in [1.807, 2.05) is 0 Å². The summed E-state index contributed by atoms with van der Waals surface area (Å²) >= 11 is 0. The van der Waals surface area contributed by atoms with Crippen molar-refractivity contribution in [1.82, 2.24) is 0 Å². The van der Waals surface area contributed by atoms with Crippen molar-refractivity contribution in [3.63, 3.8) is 0 Å². The van der Waals surface area contributed by atoms with E-state index in [1.54, 1.807) is 27.7 Å². The summed E-state index contributed by atoms with van der Waals surface area (Å²) in [5.74, 6) is -0.722. The quantitative estimate of drug-likeness (QED) is 0.675. The highest BCUT2D eigenvalue weighted by Gasteiger charge is 2.45. The third-order valence-electron chi connectivity index (χ3n) is 1.84. The maximum atomic E-state index is 11.6. The zero-order valence-electron chi connectivity index (χ0n) is 9.72. The van der Waals surface area contributed by atoms with Crippen LogP contribution in [0.5, 0.6) is 0 Å². The number of hydrogen-bond donors (Lipinski definition) is 0. The van der Waals surface area contributed by atoms with Crippen LogP contribution < -0.4 is 0 Å². The summed E-state index contributed by atoms with van der Waals surface area (Å²) < 4.78 is 36.2. The Kier molecular flexibility index (Phi) is 3.61. The van der Waals surface area contributed by atoms with E-state index in [0.29, 0.717) is 6.42 Å². The Morgan fingerprint density at radius 3 is 2.31 bits per heavy atom. The first-order chi connectivity index (χ1) is 7.14. The van der Waals surface area contributed by atoms with Gasteiger partial charge >= 0.3 is 16.4 Å². The minimum absolute atomic E-state index is 0.350. The first kappa shape index (κ1) is 13.4. The normalized spacial score (nSPS) is 29.0. The van der Waals surface area contributed by atoms with Gasteiger partial charge in [0, 0.05) is 0 Å². The Hall–Kier alpha value is -0.660. The van der Waals surface area contributed by atoms with Crippen LogP contribution in [0.3, 0.4) is 0 Å². The van der Waals surface area contributed by atoms with Crippen molar-refractivity contribution in [1.29, 1.82) is 0 Å². The van der Waals surface area contributed by atoms with Gasteiger partial charge in [0.15, 0.2) is 0 Å². The van der Waals surface area contributed by atoms with E-state index in [4.69, 9.17) is 4.74 Å². The molecule has 0 spiro atoms. The number of rotatable bonds is 2. The van der Waals surface area contributed by atoms with Crippen molar-refractivity contribution < 1.29 is 26.3 Å². The van der Waals surface area contributed by atoms with E-state index >= 15 is 0 Å². The molecule has 0 aromatic rings. The standard InChI is InChI=1S/C9H16O6S/c1-5-6-7(15-16(11,12)14-6)8(10)13-9(2,3)4/h6-7H,5H2,1-4H3/t6-,7+/m1/s1. The fraction of sp³-hybridized carbons (Fsp3) is 0.889. The van der Waals surface area contributed by atoms with Gasteiger partial charge in [-0.2, -0.15) is 8.42 Å². The second-order valence-electron chi connectivity index (χ2n) is 4.50. The Morgan fingerprint density at radius 1 is 1.31 bits per heavy atom. The van der Waals surface area contributed by atoms with Crippen molar-refractivity contribution in [2.75, 3.05) is 0 Å². The molecule has 6 nitrogen and oxygen atoms in total. The van der Waals surface area contributed by atoms with Crippen molar-refractivity contribution in [2.24, 2.45) is 0 Å². The molecule has 1 fully saturated rings. The summed E-state index contributed by atoms with van der Waals surface area (Å²) in [4.78, 5) is 11.6. The van der Waals surface area contributed by atoms with Gasteiger partial charge in [-0.15, -0.1) is 0 Å². The third kappa shape index (κ3) is 3.43. The van der Waals surface area contributed by atoms with Crippen LogP contribution in [0.2, 0.25) is 0 Å². The molecule has 0 N–H and O–H groups in total. The predicted molar refractivity (Wildman–Crippen MR) is 54.8 cm³/mol. The van der Waals surface area contributed by atoms with Gasteiger partial charge in [-0.1, -0.05) is 6.92 Å². The number of carbonyl (C=O) groups excluding carboxylic acids is 1. The highest BCUT2D eigenvalue weighted by Crippen LogP contribution is 2.25. The largest absolute Gasteiger partial charge is 0.458 e. The predicted octanol–water partition coefficient (Wildman–Crippen LogP) is 0.767. The van der Waals surface area contributed by atoms with Crippen LogP contribution >= 0.6 is 0 Å². The molecule has 1 heterocycles. The molecule has 0 aliphatic carbocycles. The summed E-state index contributed by atoms with van der Waals surface area (Å²) in [5.41, 5.74) is -0.689. The summed E-state index contributed by atoms with van der Waals surface area (Å²) in [7, 11) is -4.06. The molecular weight excluding hydrogens is 236 g/mol. The lowest BCUT2D eigenvalue weighted by atomic mass is 10.1. The van der Waals surface area contributed by atoms with Crippen LogP contribution in [0.15, 0.2) is 0 Å². The molecule has 1 aliphatic rings. The van der Waals surface area contributed by atoms with E-state index in [2.05, 4.69) is 8.37 Å². The number of carbonyl (C=O) groups is 1. The van der Waals surface area contributed by atoms with E-state index in [-0.39, 0.29) is 0 Å². The molecule has 7 heteroatoms. The van der Waals surface area contributed by atoms with E-state index in [0.717, 1.165) is 0 Å². The summed E-state index contributed by atoms with van der Waals surface area (Å²) in [6, 6.07) is 0. The molecule has 1 aliphatic heterocycles. The van der Waals surface area contributed by atoms with E-state index in [9.17, 15) is 13.2 Å². The molecule has 0 aromatic carbocycles. The van der Waals surface area contributed by atoms with Gasteiger partial charge in [-0.3, -0.25) is 0 Å². The molecule has 0 radical (unpaired) electrons. The number of ether oxygens (including phenoxy) is 1. The minimum atomic E-state index is -4.06. The van der Waals surface area contributed by atoms with Crippen molar-refractivity contribution in [3.05, 3.63) is 0 Å². The Morgan fingerprint density at radius 2 is 1.88 bits per heavy atom. The molecular formula is C9H16O6S. The fourth-order valence-electron chi connectivity index (χ4n) is 1.25. The van der Waals surface area contributed by atoms with Gasteiger partial charge in [0.1, 0.15) is 11.7 Å². The van der Waals surface area contributed by atoms with Crippen LogP contribution in [0.4, 0.5) is 0 Å². The number of hydrogen-bond acceptors (Lipinski definition) is 6. The van der Waals surface area contributed by atoms with Crippen LogP contribution in [0.1, 0.15) is 34.1 Å². The highest BCUT2D eigenvalue weighted by molar-refractivity contribution is 7.82. The van der Waals surface area contributed by atoms with Gasteiger partial charge in [0.25, 0.3) is 0 Å². The van der Waals surface area contributed by atoms with Crippen LogP contribution in [-0.4, -0.2) is 32.2 Å². The van der Waals surface area contributed by atoms with E-state index < -0.39 is 34.2 Å². The highest BCUT2D eigenvalue weighted by atomic mass is 32.3. The lowest BCUT2D eigenvalue weighted by Gasteiger charge is -2.22. The van der Waals surface area contributed by atoms with Crippen LogP contribution in [-0.2, 0) is 28.3 Å². The first-order valence-electron chi connectivity index (χ1n) is 4.99.